The summed E-state index contributed by atoms with van der Waals surface area (Å²) in [4.78, 5) is 4.67. The molecule has 28 heavy (non-hydrogen) atoms. The molecule has 0 saturated carbocycles. The van der Waals surface area contributed by atoms with Crippen molar-refractivity contribution in [1.29, 1.82) is 0 Å². The fourth-order valence-electron chi connectivity index (χ4n) is 2.77. The summed E-state index contributed by atoms with van der Waals surface area (Å²) in [5.41, 5.74) is 1.20. The van der Waals surface area contributed by atoms with Crippen LogP contribution in [-0.4, -0.2) is 58.1 Å². The Kier molecular flexibility index (Phi) is 14.3. The maximum absolute atomic E-state index is 5.80. The highest BCUT2D eigenvalue weighted by Gasteiger charge is 2.15. The standard InChI is InChI=1S/C21H35N3O3.HI/c1-3-22-21(23-11-7-12-27-20-10-13-25-17-20)24-14-18(2)15-26-16-19-8-5-4-6-9-19;/h4-6,8-9,18,20H,3,7,10-17H2,1-2H3,(H2,22,23,24);1H. The Hall–Kier alpha value is -0.900. The van der Waals surface area contributed by atoms with Gasteiger partial charge >= 0.3 is 0 Å². The van der Waals surface area contributed by atoms with Gasteiger partial charge in [-0.2, -0.15) is 0 Å². The van der Waals surface area contributed by atoms with Crippen molar-refractivity contribution < 1.29 is 14.2 Å². The molecule has 7 heteroatoms. The second-order valence-corrected chi connectivity index (χ2v) is 6.96. The number of benzene rings is 1. The molecule has 0 aliphatic carbocycles. The first-order chi connectivity index (χ1) is 13.3. The molecule has 1 aromatic carbocycles. The zero-order valence-corrected chi connectivity index (χ0v) is 19.5. The maximum atomic E-state index is 5.80. The molecule has 0 spiro atoms. The van der Waals surface area contributed by atoms with Gasteiger partial charge in [-0.1, -0.05) is 37.3 Å². The van der Waals surface area contributed by atoms with E-state index in [2.05, 4.69) is 41.6 Å². The molecule has 2 unspecified atom stereocenters. The summed E-state index contributed by atoms with van der Waals surface area (Å²) in [7, 11) is 0. The maximum Gasteiger partial charge on any atom is 0.191 e. The van der Waals surface area contributed by atoms with Gasteiger partial charge in [0, 0.05) is 32.8 Å². The van der Waals surface area contributed by atoms with E-state index in [-0.39, 0.29) is 30.1 Å². The molecule has 2 rings (SSSR count). The number of halogens is 1. The van der Waals surface area contributed by atoms with E-state index in [1.54, 1.807) is 0 Å². The number of nitrogens with one attached hydrogen (secondary N) is 2. The van der Waals surface area contributed by atoms with Crippen LogP contribution in [0, 0.1) is 5.92 Å². The second-order valence-electron chi connectivity index (χ2n) is 6.96. The number of ether oxygens (including phenoxy) is 3. The quantitative estimate of drug-likeness (QED) is 0.198. The Bertz CT molecular complexity index is 525. The van der Waals surface area contributed by atoms with Crippen LogP contribution in [0.2, 0.25) is 0 Å². The first-order valence-corrected chi connectivity index (χ1v) is 10.1. The molecule has 1 saturated heterocycles. The third kappa shape index (κ3) is 11.2. The molecular formula is C21H36IN3O3. The van der Waals surface area contributed by atoms with Crippen LogP contribution >= 0.6 is 24.0 Å². The van der Waals surface area contributed by atoms with Gasteiger partial charge in [0.15, 0.2) is 5.96 Å². The molecule has 1 aliphatic heterocycles. The summed E-state index contributed by atoms with van der Waals surface area (Å²) < 4.78 is 16.9. The molecule has 0 aromatic heterocycles. The summed E-state index contributed by atoms with van der Waals surface area (Å²) in [6.07, 6.45) is 2.25. The number of rotatable bonds is 12. The summed E-state index contributed by atoms with van der Waals surface area (Å²) in [5, 5.41) is 6.66. The summed E-state index contributed by atoms with van der Waals surface area (Å²) in [6.45, 7) is 10.3. The molecule has 2 N–H and O–H groups in total. The van der Waals surface area contributed by atoms with Gasteiger partial charge in [-0.3, -0.25) is 4.99 Å². The first kappa shape index (κ1) is 25.1. The first-order valence-electron chi connectivity index (χ1n) is 10.1. The molecule has 1 heterocycles. The van der Waals surface area contributed by atoms with E-state index in [1.165, 1.54) is 5.56 Å². The number of hydrogen-bond donors (Lipinski definition) is 2. The second kappa shape index (κ2) is 16.0. The Morgan fingerprint density at radius 3 is 2.82 bits per heavy atom. The van der Waals surface area contributed by atoms with E-state index in [0.717, 1.165) is 58.3 Å². The lowest BCUT2D eigenvalue weighted by atomic mass is 10.2. The molecule has 2 atom stereocenters. The summed E-state index contributed by atoms with van der Waals surface area (Å²) >= 11 is 0. The summed E-state index contributed by atoms with van der Waals surface area (Å²) in [5.74, 6) is 1.23. The highest BCUT2D eigenvalue weighted by Crippen LogP contribution is 2.08. The predicted octanol–water partition coefficient (Wildman–Crippen LogP) is 3.21. The van der Waals surface area contributed by atoms with Crippen molar-refractivity contribution >= 4 is 29.9 Å². The molecule has 1 aromatic rings. The van der Waals surface area contributed by atoms with Crippen LogP contribution in [-0.2, 0) is 20.8 Å². The molecule has 0 radical (unpaired) electrons. The van der Waals surface area contributed by atoms with E-state index in [0.29, 0.717) is 19.1 Å². The lowest BCUT2D eigenvalue weighted by Gasteiger charge is -2.14. The minimum Gasteiger partial charge on any atom is -0.379 e. The van der Waals surface area contributed by atoms with Crippen LogP contribution in [0.4, 0.5) is 0 Å². The zero-order chi connectivity index (χ0) is 19.2. The highest BCUT2D eigenvalue weighted by molar-refractivity contribution is 14.0. The fourth-order valence-corrected chi connectivity index (χ4v) is 2.77. The highest BCUT2D eigenvalue weighted by atomic mass is 127. The zero-order valence-electron chi connectivity index (χ0n) is 17.2. The Balaban J connectivity index is 0.00000392. The third-order valence-corrected chi connectivity index (χ3v) is 4.27. The fraction of sp³-hybridized carbons (Fsp3) is 0.667. The lowest BCUT2D eigenvalue weighted by molar-refractivity contribution is 0.0420. The third-order valence-electron chi connectivity index (χ3n) is 4.27. The number of aliphatic imine (C=N–C) groups is 1. The predicted molar refractivity (Wildman–Crippen MR) is 124 cm³/mol. The van der Waals surface area contributed by atoms with Crippen molar-refractivity contribution in [3.8, 4) is 0 Å². The smallest absolute Gasteiger partial charge is 0.191 e. The van der Waals surface area contributed by atoms with Crippen molar-refractivity contribution in [2.75, 3.05) is 46.1 Å². The van der Waals surface area contributed by atoms with Crippen molar-refractivity contribution in [3.63, 3.8) is 0 Å². The Labute approximate surface area is 186 Å². The molecule has 6 nitrogen and oxygen atoms in total. The van der Waals surface area contributed by atoms with Crippen LogP contribution < -0.4 is 10.6 Å². The van der Waals surface area contributed by atoms with Crippen molar-refractivity contribution in [1.82, 2.24) is 10.6 Å². The van der Waals surface area contributed by atoms with E-state index < -0.39 is 0 Å². The minimum atomic E-state index is 0. The van der Waals surface area contributed by atoms with Gasteiger partial charge in [-0.25, -0.2) is 0 Å². The summed E-state index contributed by atoms with van der Waals surface area (Å²) in [6, 6.07) is 10.3. The molecular weight excluding hydrogens is 469 g/mol. The average molecular weight is 505 g/mol. The van der Waals surface area contributed by atoms with Crippen LogP contribution in [0.5, 0.6) is 0 Å². The van der Waals surface area contributed by atoms with Crippen LogP contribution in [0.25, 0.3) is 0 Å². The van der Waals surface area contributed by atoms with E-state index >= 15 is 0 Å². The van der Waals surface area contributed by atoms with E-state index in [1.807, 2.05) is 18.2 Å². The SMILES string of the molecule is CCNC(=NCC(C)COCc1ccccc1)NCCCOC1CCOC1.I. The number of nitrogens with zero attached hydrogens (tertiary/aromatic N) is 1. The van der Waals surface area contributed by atoms with Crippen molar-refractivity contribution in [2.24, 2.45) is 10.9 Å². The average Bonchev–Trinajstić information content (AvgIpc) is 3.20. The van der Waals surface area contributed by atoms with E-state index in [4.69, 9.17) is 14.2 Å². The monoisotopic (exact) mass is 505 g/mol. The Morgan fingerprint density at radius 2 is 2.11 bits per heavy atom. The molecule has 0 amide bonds. The van der Waals surface area contributed by atoms with Crippen molar-refractivity contribution in [2.45, 2.75) is 39.4 Å². The molecule has 160 valence electrons. The molecule has 0 bridgehead atoms. The number of guanidine groups is 1. The van der Waals surface area contributed by atoms with Gasteiger partial charge in [-0.15, -0.1) is 24.0 Å². The van der Waals surface area contributed by atoms with Crippen LogP contribution in [0.15, 0.2) is 35.3 Å². The van der Waals surface area contributed by atoms with Gasteiger partial charge in [0.2, 0.25) is 0 Å². The van der Waals surface area contributed by atoms with Crippen LogP contribution in [0.3, 0.4) is 0 Å². The van der Waals surface area contributed by atoms with Crippen molar-refractivity contribution in [3.05, 3.63) is 35.9 Å². The normalized spacial score (nSPS) is 17.8. The van der Waals surface area contributed by atoms with Crippen LogP contribution in [0.1, 0.15) is 32.3 Å². The minimum absolute atomic E-state index is 0. The largest absolute Gasteiger partial charge is 0.379 e. The Morgan fingerprint density at radius 1 is 1.29 bits per heavy atom. The number of hydrogen-bond acceptors (Lipinski definition) is 4. The van der Waals surface area contributed by atoms with Gasteiger partial charge in [0.25, 0.3) is 0 Å². The van der Waals surface area contributed by atoms with Gasteiger partial charge in [0.05, 0.1) is 25.9 Å². The molecule has 1 fully saturated rings. The van der Waals surface area contributed by atoms with E-state index in [9.17, 15) is 0 Å². The van der Waals surface area contributed by atoms with Gasteiger partial charge < -0.3 is 24.8 Å². The van der Waals surface area contributed by atoms with Gasteiger partial charge in [0.1, 0.15) is 0 Å². The molecule has 1 aliphatic rings. The topological polar surface area (TPSA) is 64.1 Å². The van der Waals surface area contributed by atoms with Gasteiger partial charge in [-0.05, 0) is 31.2 Å². The lowest BCUT2D eigenvalue weighted by Crippen LogP contribution is -2.38.